The predicted molar refractivity (Wildman–Crippen MR) is 127 cm³/mol. The fraction of sp³-hybridized carbons (Fsp3) is 0.160. The molecule has 0 spiro atoms. The number of hydrogen-bond donors (Lipinski definition) is 1. The number of amides is 1. The molecule has 0 saturated heterocycles. The lowest BCUT2D eigenvalue weighted by molar-refractivity contribution is 0.0587. The maximum atomic E-state index is 13.9. The number of aromatic nitrogens is 3. The number of carbonyl (C=O) groups is 3. The third-order valence-corrected chi connectivity index (χ3v) is 5.45. The second-order valence-electron chi connectivity index (χ2n) is 7.59. The standard InChI is InChI=1S/C25H20F2N4O6/c1-35-15-7-4-13(5-8-15)18-11-20(21(26)27)31-22(29-18)17(12-28-31)23(32)30-19-10-14(24(33)36-2)6-9-16(19)25(34)37-3/h4-12,21H,1-3H3,(H,30,32). The van der Waals surface area contributed by atoms with E-state index in [1.165, 1.54) is 38.5 Å². The van der Waals surface area contributed by atoms with Crippen LogP contribution in [0.2, 0.25) is 0 Å². The number of anilines is 1. The van der Waals surface area contributed by atoms with Gasteiger partial charge in [0.05, 0.1) is 50.0 Å². The van der Waals surface area contributed by atoms with Crippen molar-refractivity contribution in [3.63, 3.8) is 0 Å². The van der Waals surface area contributed by atoms with Gasteiger partial charge >= 0.3 is 11.9 Å². The number of carbonyl (C=O) groups excluding carboxylic acids is 3. The first-order valence-electron chi connectivity index (χ1n) is 10.7. The number of rotatable bonds is 7. The monoisotopic (exact) mass is 510 g/mol. The molecule has 2 heterocycles. The minimum Gasteiger partial charge on any atom is -0.497 e. The highest BCUT2D eigenvalue weighted by Gasteiger charge is 2.24. The van der Waals surface area contributed by atoms with E-state index in [2.05, 4.69) is 20.1 Å². The molecule has 37 heavy (non-hydrogen) atoms. The topological polar surface area (TPSA) is 121 Å². The van der Waals surface area contributed by atoms with Gasteiger partial charge < -0.3 is 19.5 Å². The molecule has 0 radical (unpaired) electrons. The average Bonchev–Trinajstić information content (AvgIpc) is 3.35. The molecule has 1 N–H and O–H groups in total. The summed E-state index contributed by atoms with van der Waals surface area (Å²) in [5.41, 5.74) is -0.0940. The van der Waals surface area contributed by atoms with Crippen LogP contribution in [-0.4, -0.2) is 53.8 Å². The molecule has 0 aliphatic heterocycles. The molecule has 2 aromatic carbocycles. The molecule has 1 amide bonds. The van der Waals surface area contributed by atoms with Gasteiger partial charge in [-0.05, 0) is 48.5 Å². The number of hydrogen-bond acceptors (Lipinski definition) is 8. The Bertz CT molecular complexity index is 1500. The molecular weight excluding hydrogens is 490 g/mol. The molecule has 0 bridgehead atoms. The molecule has 0 saturated carbocycles. The van der Waals surface area contributed by atoms with Crippen LogP contribution in [0, 0.1) is 0 Å². The van der Waals surface area contributed by atoms with E-state index in [0.717, 1.165) is 17.8 Å². The second kappa shape index (κ2) is 10.4. The first-order chi connectivity index (χ1) is 17.8. The summed E-state index contributed by atoms with van der Waals surface area (Å²) in [4.78, 5) is 41.8. The summed E-state index contributed by atoms with van der Waals surface area (Å²) in [5, 5.41) is 6.44. The number of esters is 2. The van der Waals surface area contributed by atoms with E-state index < -0.39 is 30.0 Å². The minimum atomic E-state index is -2.92. The van der Waals surface area contributed by atoms with Crippen LogP contribution in [0.25, 0.3) is 16.9 Å². The molecule has 0 atom stereocenters. The Kier molecular flexibility index (Phi) is 7.09. The fourth-order valence-electron chi connectivity index (χ4n) is 3.58. The van der Waals surface area contributed by atoms with E-state index >= 15 is 0 Å². The molecule has 0 fully saturated rings. The molecule has 4 aromatic rings. The first-order valence-corrected chi connectivity index (χ1v) is 10.7. The average molecular weight is 510 g/mol. The Morgan fingerprint density at radius 3 is 2.24 bits per heavy atom. The Morgan fingerprint density at radius 2 is 1.62 bits per heavy atom. The molecule has 10 nitrogen and oxygen atoms in total. The van der Waals surface area contributed by atoms with Crippen LogP contribution >= 0.6 is 0 Å². The number of methoxy groups -OCH3 is 3. The Balaban J connectivity index is 1.80. The van der Waals surface area contributed by atoms with Crippen LogP contribution in [0.3, 0.4) is 0 Å². The quantitative estimate of drug-likeness (QED) is 0.368. The highest BCUT2D eigenvalue weighted by Crippen LogP contribution is 2.28. The summed E-state index contributed by atoms with van der Waals surface area (Å²) in [6.07, 6.45) is -1.83. The SMILES string of the molecule is COC(=O)c1ccc(C(=O)OC)c(NC(=O)c2cnn3c(C(F)F)cc(-c4ccc(OC)cc4)nc23)c1. The molecule has 190 valence electrons. The van der Waals surface area contributed by atoms with Crippen LogP contribution in [0.5, 0.6) is 5.75 Å². The van der Waals surface area contributed by atoms with Gasteiger partial charge in [-0.2, -0.15) is 5.10 Å². The Hall–Kier alpha value is -4.87. The van der Waals surface area contributed by atoms with Crippen molar-refractivity contribution in [3.8, 4) is 17.0 Å². The van der Waals surface area contributed by atoms with Crippen molar-refractivity contribution in [2.45, 2.75) is 6.43 Å². The van der Waals surface area contributed by atoms with E-state index in [-0.39, 0.29) is 33.7 Å². The van der Waals surface area contributed by atoms with Crippen LogP contribution in [-0.2, 0) is 9.47 Å². The summed E-state index contributed by atoms with van der Waals surface area (Å²) in [5.74, 6) is -1.71. The highest BCUT2D eigenvalue weighted by atomic mass is 19.3. The van der Waals surface area contributed by atoms with Crippen LogP contribution < -0.4 is 10.1 Å². The molecule has 0 unspecified atom stereocenters. The fourth-order valence-corrected chi connectivity index (χ4v) is 3.58. The number of halogens is 2. The smallest absolute Gasteiger partial charge is 0.339 e. The number of fused-ring (bicyclic) bond motifs is 1. The summed E-state index contributed by atoms with van der Waals surface area (Å²) in [6, 6.07) is 11.6. The zero-order valence-electron chi connectivity index (χ0n) is 19.8. The summed E-state index contributed by atoms with van der Waals surface area (Å²) in [6.45, 7) is 0. The lowest BCUT2D eigenvalue weighted by Gasteiger charge is -2.12. The minimum absolute atomic E-state index is 0.0415. The normalized spacial score (nSPS) is 10.9. The van der Waals surface area contributed by atoms with E-state index in [0.29, 0.717) is 11.3 Å². The lowest BCUT2D eigenvalue weighted by Crippen LogP contribution is -2.17. The Morgan fingerprint density at radius 1 is 0.919 bits per heavy atom. The van der Waals surface area contributed by atoms with Crippen molar-refractivity contribution in [3.05, 3.63) is 77.1 Å². The van der Waals surface area contributed by atoms with Crippen molar-refractivity contribution < 1.29 is 37.4 Å². The maximum Gasteiger partial charge on any atom is 0.339 e. The maximum absolute atomic E-state index is 13.9. The van der Waals surface area contributed by atoms with Crippen molar-refractivity contribution in [1.82, 2.24) is 14.6 Å². The third-order valence-electron chi connectivity index (χ3n) is 5.45. The number of nitrogens with one attached hydrogen (secondary N) is 1. The van der Waals surface area contributed by atoms with Gasteiger partial charge in [-0.15, -0.1) is 0 Å². The summed E-state index contributed by atoms with van der Waals surface area (Å²) >= 11 is 0. The summed E-state index contributed by atoms with van der Waals surface area (Å²) < 4.78 is 43.2. The van der Waals surface area contributed by atoms with Crippen molar-refractivity contribution in [2.24, 2.45) is 0 Å². The van der Waals surface area contributed by atoms with Gasteiger partial charge in [0.25, 0.3) is 12.3 Å². The molecule has 2 aromatic heterocycles. The summed E-state index contributed by atoms with van der Waals surface area (Å²) in [7, 11) is 3.84. The largest absolute Gasteiger partial charge is 0.497 e. The number of benzene rings is 2. The van der Waals surface area contributed by atoms with Gasteiger partial charge in [-0.1, -0.05) is 0 Å². The van der Waals surface area contributed by atoms with Gasteiger partial charge in [0, 0.05) is 5.56 Å². The molecule has 0 aliphatic carbocycles. The number of alkyl halides is 2. The van der Waals surface area contributed by atoms with Gasteiger partial charge in [-0.25, -0.2) is 27.9 Å². The van der Waals surface area contributed by atoms with Gasteiger partial charge in [0.1, 0.15) is 17.0 Å². The van der Waals surface area contributed by atoms with E-state index in [4.69, 9.17) is 9.47 Å². The first kappa shape index (κ1) is 25.2. The van der Waals surface area contributed by atoms with Crippen molar-refractivity contribution in [1.29, 1.82) is 0 Å². The van der Waals surface area contributed by atoms with Crippen molar-refractivity contribution in [2.75, 3.05) is 26.6 Å². The number of ether oxygens (including phenoxy) is 3. The Labute approximate surface area is 208 Å². The van der Waals surface area contributed by atoms with Crippen LogP contribution in [0.15, 0.2) is 54.7 Å². The zero-order chi connectivity index (χ0) is 26.7. The van der Waals surface area contributed by atoms with Crippen molar-refractivity contribution >= 4 is 29.2 Å². The van der Waals surface area contributed by atoms with E-state index in [1.807, 2.05) is 0 Å². The van der Waals surface area contributed by atoms with Gasteiger partial charge in [0.2, 0.25) is 0 Å². The molecule has 4 rings (SSSR count). The van der Waals surface area contributed by atoms with E-state index in [9.17, 15) is 23.2 Å². The second-order valence-corrected chi connectivity index (χ2v) is 7.59. The molecule has 12 heteroatoms. The zero-order valence-corrected chi connectivity index (χ0v) is 19.8. The highest BCUT2D eigenvalue weighted by molar-refractivity contribution is 6.11. The third kappa shape index (κ3) is 4.94. The van der Waals surface area contributed by atoms with E-state index in [1.54, 1.807) is 24.3 Å². The van der Waals surface area contributed by atoms with Gasteiger partial charge in [0.15, 0.2) is 5.65 Å². The van der Waals surface area contributed by atoms with Gasteiger partial charge in [-0.3, -0.25) is 4.79 Å². The predicted octanol–water partition coefficient (Wildman–Crippen LogP) is 4.17. The van der Waals surface area contributed by atoms with Crippen LogP contribution in [0.4, 0.5) is 14.5 Å². The van der Waals surface area contributed by atoms with Crippen LogP contribution in [0.1, 0.15) is 43.2 Å². The lowest BCUT2D eigenvalue weighted by atomic mass is 10.1. The molecular formula is C25H20F2N4O6. The number of nitrogens with zero attached hydrogens (tertiary/aromatic N) is 3. The molecule has 0 aliphatic rings.